The lowest BCUT2D eigenvalue weighted by Gasteiger charge is -2.00. The van der Waals surface area contributed by atoms with E-state index in [0.29, 0.717) is 21.4 Å². The Morgan fingerprint density at radius 1 is 0.931 bits per heavy atom. The molecule has 0 atom stereocenters. The maximum absolute atomic E-state index is 12.5. The van der Waals surface area contributed by atoms with Crippen LogP contribution in [-0.2, 0) is 11.2 Å². The Hall–Kier alpha value is -3.16. The van der Waals surface area contributed by atoms with Crippen molar-refractivity contribution >= 4 is 39.5 Å². The number of carbonyl (C=O) groups excluding carboxylic acids is 2. The number of anilines is 1. The molecule has 4 rings (SSSR count). The second kappa shape index (κ2) is 8.46. The number of rotatable bonds is 6. The summed E-state index contributed by atoms with van der Waals surface area (Å²) in [6.07, 6.45) is 0.152. The van der Waals surface area contributed by atoms with Gasteiger partial charge in [-0.2, -0.15) is 0 Å². The molecule has 0 saturated heterocycles. The summed E-state index contributed by atoms with van der Waals surface area (Å²) < 4.78 is 0. The monoisotopic (exact) mass is 419 g/mol. The molecule has 144 valence electrons. The lowest BCUT2D eigenvalue weighted by atomic mass is 10.1. The molecule has 0 aliphatic heterocycles. The molecule has 2 aromatic carbocycles. The van der Waals surface area contributed by atoms with E-state index in [1.165, 1.54) is 29.6 Å². The highest BCUT2D eigenvalue weighted by atomic mass is 32.1. The number of benzene rings is 2. The van der Waals surface area contributed by atoms with Gasteiger partial charge in [-0.05, 0) is 0 Å². The van der Waals surface area contributed by atoms with E-state index in [2.05, 4.69) is 15.3 Å². The molecule has 0 radical (unpaired) electrons. The van der Waals surface area contributed by atoms with Crippen molar-refractivity contribution in [1.82, 2.24) is 9.97 Å². The number of thiazole rings is 2. The van der Waals surface area contributed by atoms with Crippen molar-refractivity contribution in [2.45, 2.75) is 13.3 Å². The van der Waals surface area contributed by atoms with E-state index in [4.69, 9.17) is 0 Å². The molecule has 5 nitrogen and oxygen atoms in total. The number of nitrogens with one attached hydrogen (secondary N) is 1. The van der Waals surface area contributed by atoms with Crippen LogP contribution < -0.4 is 5.32 Å². The van der Waals surface area contributed by atoms with Gasteiger partial charge in [0.05, 0.1) is 22.7 Å². The van der Waals surface area contributed by atoms with Gasteiger partial charge in [0.2, 0.25) is 5.91 Å². The number of hydrogen-bond donors (Lipinski definition) is 1. The first-order chi connectivity index (χ1) is 14.1. The average molecular weight is 420 g/mol. The van der Waals surface area contributed by atoms with Crippen molar-refractivity contribution < 1.29 is 9.59 Å². The molecule has 0 fully saturated rings. The van der Waals surface area contributed by atoms with Crippen molar-refractivity contribution in [3.63, 3.8) is 0 Å². The summed E-state index contributed by atoms with van der Waals surface area (Å²) in [6.45, 7) is 1.51. The Balaban J connectivity index is 1.49. The van der Waals surface area contributed by atoms with Crippen LogP contribution >= 0.6 is 22.7 Å². The zero-order chi connectivity index (χ0) is 20.2. The topological polar surface area (TPSA) is 72.0 Å². The molecule has 7 heteroatoms. The summed E-state index contributed by atoms with van der Waals surface area (Å²) in [7, 11) is 0. The quantitative estimate of drug-likeness (QED) is 0.430. The van der Waals surface area contributed by atoms with E-state index < -0.39 is 0 Å². The van der Waals surface area contributed by atoms with Gasteiger partial charge in [-0.1, -0.05) is 72.0 Å². The predicted octanol–water partition coefficient (Wildman–Crippen LogP) is 5.32. The highest BCUT2D eigenvalue weighted by molar-refractivity contribution is 7.18. The Morgan fingerprint density at radius 2 is 1.59 bits per heavy atom. The minimum Gasteiger partial charge on any atom is -0.302 e. The van der Waals surface area contributed by atoms with Crippen molar-refractivity contribution in [3.05, 3.63) is 76.6 Å². The number of aromatic nitrogens is 2. The van der Waals surface area contributed by atoms with Gasteiger partial charge in [0.25, 0.3) is 0 Å². The van der Waals surface area contributed by atoms with E-state index in [1.807, 2.05) is 66.0 Å². The molecule has 0 saturated carbocycles. The van der Waals surface area contributed by atoms with E-state index >= 15 is 0 Å². The molecule has 2 heterocycles. The second-order valence-corrected chi connectivity index (χ2v) is 8.21. The standard InChI is InChI=1S/C22H17N3O2S2/c1-14(26)20-19(15-8-4-2-5-9-15)25-22(29-20)24-18(27)12-17-13-28-21(23-17)16-10-6-3-7-11-16/h2-11,13H,12H2,1H3,(H,24,25,27). The van der Waals surface area contributed by atoms with Crippen LogP contribution in [0.4, 0.5) is 5.13 Å². The summed E-state index contributed by atoms with van der Waals surface area (Å²) in [6, 6.07) is 19.3. The molecule has 1 N–H and O–H groups in total. The molecule has 0 spiro atoms. The van der Waals surface area contributed by atoms with E-state index in [-0.39, 0.29) is 18.1 Å². The first-order valence-corrected chi connectivity index (χ1v) is 10.7. The summed E-state index contributed by atoms with van der Waals surface area (Å²) in [4.78, 5) is 34.1. The Labute approximate surface area is 176 Å². The lowest BCUT2D eigenvalue weighted by Crippen LogP contribution is -2.14. The fourth-order valence-electron chi connectivity index (χ4n) is 2.83. The lowest BCUT2D eigenvalue weighted by molar-refractivity contribution is -0.115. The van der Waals surface area contributed by atoms with Crippen LogP contribution in [0.5, 0.6) is 0 Å². The van der Waals surface area contributed by atoms with Gasteiger partial charge < -0.3 is 5.32 Å². The molecular weight excluding hydrogens is 402 g/mol. The third-order valence-corrected chi connectivity index (χ3v) is 6.17. The van der Waals surface area contributed by atoms with Crippen molar-refractivity contribution in [1.29, 1.82) is 0 Å². The Bertz CT molecular complexity index is 1150. The number of nitrogens with zero attached hydrogens (tertiary/aromatic N) is 2. The Kier molecular flexibility index (Phi) is 5.59. The zero-order valence-corrected chi connectivity index (χ0v) is 17.2. The molecule has 0 aliphatic rings. The zero-order valence-electron chi connectivity index (χ0n) is 15.6. The Morgan fingerprint density at radius 3 is 2.24 bits per heavy atom. The highest BCUT2D eigenvalue weighted by Crippen LogP contribution is 2.31. The van der Waals surface area contributed by atoms with Crippen LogP contribution in [0.25, 0.3) is 21.8 Å². The number of hydrogen-bond acceptors (Lipinski definition) is 6. The van der Waals surface area contributed by atoms with Crippen molar-refractivity contribution in [2.75, 3.05) is 5.32 Å². The predicted molar refractivity (Wildman–Crippen MR) is 117 cm³/mol. The van der Waals surface area contributed by atoms with Gasteiger partial charge in [0.1, 0.15) is 5.01 Å². The second-order valence-electron chi connectivity index (χ2n) is 6.35. The minimum absolute atomic E-state index is 0.0751. The maximum atomic E-state index is 12.5. The molecule has 29 heavy (non-hydrogen) atoms. The molecule has 2 aromatic heterocycles. The SMILES string of the molecule is CC(=O)c1sc(NC(=O)Cc2csc(-c3ccccc3)n2)nc1-c1ccccc1. The number of amides is 1. The van der Waals surface area contributed by atoms with Crippen LogP contribution in [-0.4, -0.2) is 21.7 Å². The third-order valence-electron chi connectivity index (χ3n) is 4.15. The summed E-state index contributed by atoms with van der Waals surface area (Å²) in [5, 5.41) is 5.99. The van der Waals surface area contributed by atoms with E-state index in [0.717, 1.165) is 16.1 Å². The maximum Gasteiger partial charge on any atom is 0.232 e. The van der Waals surface area contributed by atoms with Crippen LogP contribution in [0.1, 0.15) is 22.3 Å². The van der Waals surface area contributed by atoms with Gasteiger partial charge in [-0.15, -0.1) is 11.3 Å². The summed E-state index contributed by atoms with van der Waals surface area (Å²) in [5.41, 5.74) is 3.18. The molecular formula is C22H17N3O2S2. The van der Waals surface area contributed by atoms with Crippen LogP contribution in [0.15, 0.2) is 66.0 Å². The van der Waals surface area contributed by atoms with Gasteiger partial charge in [0, 0.05) is 23.4 Å². The highest BCUT2D eigenvalue weighted by Gasteiger charge is 2.18. The average Bonchev–Trinajstić information content (AvgIpc) is 3.37. The van der Waals surface area contributed by atoms with Gasteiger partial charge >= 0.3 is 0 Å². The normalized spacial score (nSPS) is 10.7. The van der Waals surface area contributed by atoms with E-state index in [9.17, 15) is 9.59 Å². The smallest absolute Gasteiger partial charge is 0.232 e. The van der Waals surface area contributed by atoms with Crippen molar-refractivity contribution in [3.8, 4) is 21.8 Å². The third kappa shape index (κ3) is 4.47. The minimum atomic E-state index is -0.210. The molecule has 1 amide bonds. The van der Waals surface area contributed by atoms with Crippen LogP contribution in [0.3, 0.4) is 0 Å². The van der Waals surface area contributed by atoms with Gasteiger partial charge in [-0.25, -0.2) is 9.97 Å². The number of Topliss-reactive ketones (excluding diaryl/α,β-unsaturated/α-hetero) is 1. The number of ketones is 1. The summed E-state index contributed by atoms with van der Waals surface area (Å²) >= 11 is 2.70. The summed E-state index contributed by atoms with van der Waals surface area (Å²) in [5.74, 6) is -0.285. The first kappa shape index (κ1) is 19.2. The number of carbonyl (C=O) groups is 2. The van der Waals surface area contributed by atoms with Crippen LogP contribution in [0.2, 0.25) is 0 Å². The molecule has 0 bridgehead atoms. The van der Waals surface area contributed by atoms with Gasteiger partial charge in [0.15, 0.2) is 10.9 Å². The van der Waals surface area contributed by atoms with Crippen LogP contribution in [0, 0.1) is 0 Å². The molecule has 0 unspecified atom stereocenters. The molecule has 0 aliphatic carbocycles. The van der Waals surface area contributed by atoms with Crippen molar-refractivity contribution in [2.24, 2.45) is 0 Å². The fourth-order valence-corrected chi connectivity index (χ4v) is 4.56. The van der Waals surface area contributed by atoms with E-state index in [1.54, 1.807) is 0 Å². The largest absolute Gasteiger partial charge is 0.302 e. The molecule has 4 aromatic rings. The fraction of sp³-hybridized carbons (Fsp3) is 0.0909. The van der Waals surface area contributed by atoms with Gasteiger partial charge in [-0.3, -0.25) is 9.59 Å². The first-order valence-electron chi connectivity index (χ1n) is 8.97.